The van der Waals surface area contributed by atoms with Crippen LogP contribution in [0.25, 0.3) is 0 Å². The van der Waals surface area contributed by atoms with Crippen molar-refractivity contribution < 1.29 is 14.7 Å². The number of rotatable bonds is 5. The van der Waals surface area contributed by atoms with Crippen LogP contribution in [0.4, 0.5) is 0 Å². The molecule has 0 spiro atoms. The fourth-order valence-electron chi connectivity index (χ4n) is 1.32. The van der Waals surface area contributed by atoms with E-state index in [4.69, 9.17) is 0 Å². The van der Waals surface area contributed by atoms with Gasteiger partial charge in [0.05, 0.1) is 0 Å². The topological polar surface area (TPSA) is 78.4 Å². The lowest BCUT2D eigenvalue weighted by atomic mass is 10.2. The van der Waals surface area contributed by atoms with Crippen molar-refractivity contribution in [3.63, 3.8) is 0 Å². The monoisotopic (exact) mass is 236 g/mol. The van der Waals surface area contributed by atoms with Crippen LogP contribution in [-0.4, -0.2) is 30.0 Å². The first kappa shape index (κ1) is 13.0. The van der Waals surface area contributed by atoms with Crippen molar-refractivity contribution in [3.8, 4) is 5.75 Å². The van der Waals surface area contributed by atoms with Crippen LogP contribution in [0, 0.1) is 0 Å². The van der Waals surface area contributed by atoms with Crippen LogP contribution in [0.15, 0.2) is 24.3 Å². The number of carbonyl (C=O) groups is 2. The minimum absolute atomic E-state index is 0.0429. The molecule has 0 heterocycles. The van der Waals surface area contributed by atoms with Gasteiger partial charge in [-0.05, 0) is 25.1 Å². The first-order chi connectivity index (χ1) is 8.13. The molecule has 0 saturated carbocycles. The highest BCUT2D eigenvalue weighted by Crippen LogP contribution is 2.10. The number of phenols is 1. The molecule has 0 aliphatic rings. The quantitative estimate of drug-likeness (QED) is 0.702. The van der Waals surface area contributed by atoms with E-state index in [2.05, 4.69) is 10.6 Å². The van der Waals surface area contributed by atoms with Crippen LogP contribution in [0.3, 0.4) is 0 Å². The van der Waals surface area contributed by atoms with Gasteiger partial charge in [-0.3, -0.25) is 9.59 Å². The Hall–Kier alpha value is -2.04. The molecule has 0 bridgehead atoms. The van der Waals surface area contributed by atoms with Gasteiger partial charge in [0.2, 0.25) is 5.91 Å². The zero-order chi connectivity index (χ0) is 12.7. The van der Waals surface area contributed by atoms with Crippen LogP contribution < -0.4 is 10.6 Å². The third-order valence-electron chi connectivity index (χ3n) is 2.12. The fraction of sp³-hybridized carbons (Fsp3) is 0.333. The Morgan fingerprint density at radius 3 is 2.71 bits per heavy atom. The number of benzene rings is 1. The number of aromatic hydroxyl groups is 1. The number of amides is 2. The van der Waals surface area contributed by atoms with Crippen LogP contribution in [-0.2, 0) is 4.79 Å². The second-order valence-corrected chi connectivity index (χ2v) is 3.51. The Balaban J connectivity index is 2.38. The molecule has 5 heteroatoms. The molecule has 1 aromatic rings. The smallest absolute Gasteiger partial charge is 0.251 e. The Morgan fingerprint density at radius 1 is 1.29 bits per heavy atom. The summed E-state index contributed by atoms with van der Waals surface area (Å²) < 4.78 is 0. The summed E-state index contributed by atoms with van der Waals surface area (Å²) in [6.45, 7) is 2.70. The summed E-state index contributed by atoms with van der Waals surface area (Å²) in [5.41, 5.74) is 0.376. The summed E-state index contributed by atoms with van der Waals surface area (Å²) in [7, 11) is 0. The van der Waals surface area contributed by atoms with Crippen molar-refractivity contribution in [2.45, 2.75) is 13.3 Å². The molecular weight excluding hydrogens is 220 g/mol. The third-order valence-corrected chi connectivity index (χ3v) is 2.12. The van der Waals surface area contributed by atoms with Crippen molar-refractivity contribution in [3.05, 3.63) is 29.8 Å². The minimum atomic E-state index is -0.301. The standard InChI is InChI=1S/C12H16N2O3/c1-2-13-11(16)6-7-14-12(17)9-4-3-5-10(15)8-9/h3-5,8,15H,2,6-7H2,1H3,(H,13,16)(H,14,17). The van der Waals surface area contributed by atoms with E-state index in [1.165, 1.54) is 12.1 Å². The van der Waals surface area contributed by atoms with Gasteiger partial charge in [0.15, 0.2) is 0 Å². The molecule has 0 unspecified atom stereocenters. The highest BCUT2D eigenvalue weighted by atomic mass is 16.3. The molecule has 1 aromatic carbocycles. The second-order valence-electron chi connectivity index (χ2n) is 3.51. The van der Waals surface area contributed by atoms with Gasteiger partial charge in [-0.15, -0.1) is 0 Å². The normalized spacial score (nSPS) is 9.71. The van der Waals surface area contributed by atoms with Crippen LogP contribution >= 0.6 is 0 Å². The molecule has 0 aliphatic carbocycles. The summed E-state index contributed by atoms with van der Waals surface area (Å²) in [6.07, 6.45) is 0.248. The van der Waals surface area contributed by atoms with E-state index in [0.717, 1.165) is 0 Å². The molecule has 92 valence electrons. The Bertz CT molecular complexity index is 404. The maximum absolute atomic E-state index is 11.6. The van der Waals surface area contributed by atoms with Gasteiger partial charge in [-0.25, -0.2) is 0 Å². The predicted octanol–water partition coefficient (Wildman–Crippen LogP) is 0.648. The Morgan fingerprint density at radius 2 is 2.06 bits per heavy atom. The van der Waals surface area contributed by atoms with E-state index in [1.54, 1.807) is 12.1 Å². The molecule has 0 aliphatic heterocycles. The highest BCUT2D eigenvalue weighted by molar-refractivity contribution is 5.94. The first-order valence-electron chi connectivity index (χ1n) is 5.47. The van der Waals surface area contributed by atoms with E-state index in [-0.39, 0.29) is 30.5 Å². The van der Waals surface area contributed by atoms with E-state index in [9.17, 15) is 14.7 Å². The van der Waals surface area contributed by atoms with Gasteiger partial charge in [0.25, 0.3) is 5.91 Å². The molecule has 0 atom stereocenters. The maximum Gasteiger partial charge on any atom is 0.251 e. The van der Waals surface area contributed by atoms with Crippen molar-refractivity contribution >= 4 is 11.8 Å². The van der Waals surface area contributed by atoms with Gasteiger partial charge in [0.1, 0.15) is 5.75 Å². The van der Waals surface area contributed by atoms with Gasteiger partial charge >= 0.3 is 0 Å². The summed E-state index contributed by atoms with van der Waals surface area (Å²) in [5, 5.41) is 14.4. The predicted molar refractivity (Wildman–Crippen MR) is 63.7 cm³/mol. The molecule has 1 rings (SSSR count). The molecule has 0 aromatic heterocycles. The summed E-state index contributed by atoms with van der Waals surface area (Å²) >= 11 is 0. The van der Waals surface area contributed by atoms with E-state index in [0.29, 0.717) is 12.1 Å². The SMILES string of the molecule is CCNC(=O)CCNC(=O)c1cccc(O)c1. The second kappa shape index (κ2) is 6.52. The van der Waals surface area contributed by atoms with Gasteiger partial charge in [-0.2, -0.15) is 0 Å². The van der Waals surface area contributed by atoms with Crippen molar-refractivity contribution in [1.82, 2.24) is 10.6 Å². The van der Waals surface area contributed by atoms with Crippen molar-refractivity contribution in [1.29, 1.82) is 0 Å². The summed E-state index contributed by atoms with van der Waals surface area (Å²) in [4.78, 5) is 22.7. The molecule has 0 fully saturated rings. The number of nitrogens with one attached hydrogen (secondary N) is 2. The van der Waals surface area contributed by atoms with Gasteiger partial charge < -0.3 is 15.7 Å². The van der Waals surface area contributed by atoms with E-state index in [1.807, 2.05) is 6.92 Å². The third kappa shape index (κ3) is 4.55. The van der Waals surface area contributed by atoms with Crippen molar-refractivity contribution in [2.75, 3.05) is 13.1 Å². The van der Waals surface area contributed by atoms with Crippen LogP contribution in [0.5, 0.6) is 5.75 Å². The lowest BCUT2D eigenvalue weighted by Crippen LogP contribution is -2.30. The Kier molecular flexibility index (Phi) is 5.00. The molecule has 3 N–H and O–H groups in total. The van der Waals surface area contributed by atoms with E-state index >= 15 is 0 Å². The zero-order valence-corrected chi connectivity index (χ0v) is 9.69. The maximum atomic E-state index is 11.6. The lowest BCUT2D eigenvalue weighted by molar-refractivity contribution is -0.120. The highest BCUT2D eigenvalue weighted by Gasteiger charge is 2.06. The summed E-state index contributed by atoms with van der Waals surface area (Å²) in [6, 6.07) is 6.06. The van der Waals surface area contributed by atoms with Gasteiger partial charge in [0, 0.05) is 25.1 Å². The number of hydrogen-bond acceptors (Lipinski definition) is 3. The molecule has 2 amide bonds. The lowest BCUT2D eigenvalue weighted by Gasteiger charge is -2.05. The fourth-order valence-corrected chi connectivity index (χ4v) is 1.32. The van der Waals surface area contributed by atoms with Gasteiger partial charge in [-0.1, -0.05) is 6.07 Å². The average molecular weight is 236 g/mol. The first-order valence-corrected chi connectivity index (χ1v) is 5.47. The molecule has 0 radical (unpaired) electrons. The number of hydrogen-bond donors (Lipinski definition) is 3. The van der Waals surface area contributed by atoms with Crippen molar-refractivity contribution in [2.24, 2.45) is 0 Å². The average Bonchev–Trinajstić information content (AvgIpc) is 2.29. The minimum Gasteiger partial charge on any atom is -0.508 e. The molecule has 5 nitrogen and oxygen atoms in total. The largest absolute Gasteiger partial charge is 0.508 e. The molecular formula is C12H16N2O3. The zero-order valence-electron chi connectivity index (χ0n) is 9.69. The van der Waals surface area contributed by atoms with E-state index < -0.39 is 0 Å². The number of phenolic OH excluding ortho intramolecular Hbond substituents is 1. The van der Waals surface area contributed by atoms with Crippen LogP contribution in [0.2, 0.25) is 0 Å². The molecule has 0 saturated heterocycles. The summed E-state index contributed by atoms with van der Waals surface area (Å²) in [5.74, 6) is -0.352. The molecule has 17 heavy (non-hydrogen) atoms. The van der Waals surface area contributed by atoms with Crippen LogP contribution in [0.1, 0.15) is 23.7 Å². The number of carbonyl (C=O) groups excluding carboxylic acids is 2. The Labute approximate surface area is 99.8 Å².